The third-order valence-electron chi connectivity index (χ3n) is 2.71. The zero-order valence-corrected chi connectivity index (χ0v) is 11.7. The molecular formula is C9H20BrO3P. The highest BCUT2D eigenvalue weighted by molar-refractivity contribution is 9.10. The first-order chi connectivity index (χ1) is 6.09. The van der Waals surface area contributed by atoms with Gasteiger partial charge in [0, 0.05) is 4.32 Å². The second-order valence-electron chi connectivity index (χ2n) is 4.37. The lowest BCUT2D eigenvalue weighted by molar-refractivity contribution is 0.319. The van der Waals surface area contributed by atoms with Gasteiger partial charge in [0.05, 0.1) is 6.16 Å². The van der Waals surface area contributed by atoms with Gasteiger partial charge in [-0.1, -0.05) is 43.6 Å². The van der Waals surface area contributed by atoms with Crippen LogP contribution in [0.2, 0.25) is 0 Å². The minimum absolute atomic E-state index is 0.0470. The van der Waals surface area contributed by atoms with Crippen molar-refractivity contribution in [2.75, 3.05) is 6.16 Å². The molecule has 0 aliphatic carbocycles. The lowest BCUT2D eigenvalue weighted by Gasteiger charge is -2.36. The van der Waals surface area contributed by atoms with Crippen LogP contribution in [0.15, 0.2) is 0 Å². The normalized spacial score (nSPS) is 14.1. The van der Waals surface area contributed by atoms with Crippen LogP contribution < -0.4 is 0 Å². The summed E-state index contributed by atoms with van der Waals surface area (Å²) in [5.74, 6) is 0.711. The summed E-state index contributed by atoms with van der Waals surface area (Å²) in [7, 11) is -3.87. The molecule has 0 saturated carbocycles. The predicted octanol–water partition coefficient (Wildman–Crippen LogP) is 3.00. The molecule has 0 aliphatic heterocycles. The number of alkyl halides is 1. The van der Waals surface area contributed by atoms with Crippen LogP contribution >= 0.6 is 23.5 Å². The fourth-order valence-corrected chi connectivity index (χ4v) is 2.73. The van der Waals surface area contributed by atoms with Crippen LogP contribution in [0.1, 0.15) is 34.1 Å². The number of hydrogen-bond donors (Lipinski definition) is 2. The molecule has 0 radical (unpaired) electrons. The molecule has 0 aromatic heterocycles. The van der Waals surface area contributed by atoms with Gasteiger partial charge in [0.2, 0.25) is 0 Å². The van der Waals surface area contributed by atoms with Crippen LogP contribution in [-0.2, 0) is 4.57 Å². The molecule has 0 aromatic carbocycles. The Hall–Kier alpha value is 0.630. The van der Waals surface area contributed by atoms with Crippen molar-refractivity contribution < 1.29 is 14.4 Å². The average molecular weight is 287 g/mol. The van der Waals surface area contributed by atoms with Crippen molar-refractivity contribution in [3.05, 3.63) is 0 Å². The summed E-state index contributed by atoms with van der Waals surface area (Å²) >= 11 is 3.62. The maximum atomic E-state index is 10.8. The van der Waals surface area contributed by atoms with Crippen LogP contribution in [-0.4, -0.2) is 20.3 Å². The fourth-order valence-electron chi connectivity index (χ4n) is 1.56. The van der Waals surface area contributed by atoms with E-state index in [0.29, 0.717) is 18.3 Å². The maximum absolute atomic E-state index is 10.8. The van der Waals surface area contributed by atoms with Crippen LogP contribution in [0.25, 0.3) is 0 Å². The van der Waals surface area contributed by atoms with E-state index in [2.05, 4.69) is 43.6 Å². The van der Waals surface area contributed by atoms with Crippen molar-refractivity contribution >= 4 is 23.5 Å². The van der Waals surface area contributed by atoms with E-state index in [1.54, 1.807) is 0 Å². The largest absolute Gasteiger partial charge is 0.325 e. The summed E-state index contributed by atoms with van der Waals surface area (Å²) in [6.07, 6.45) is 0.460. The van der Waals surface area contributed by atoms with Gasteiger partial charge in [-0.2, -0.15) is 0 Å². The Morgan fingerprint density at radius 3 is 1.79 bits per heavy atom. The molecule has 0 aliphatic rings. The van der Waals surface area contributed by atoms with Gasteiger partial charge in [0.25, 0.3) is 0 Å². The quantitative estimate of drug-likeness (QED) is 0.603. The van der Waals surface area contributed by atoms with E-state index in [1.165, 1.54) is 0 Å². The zero-order chi connectivity index (χ0) is 11.6. The van der Waals surface area contributed by atoms with Crippen molar-refractivity contribution in [2.24, 2.45) is 11.8 Å². The molecule has 0 fully saturated rings. The zero-order valence-electron chi connectivity index (χ0n) is 9.20. The van der Waals surface area contributed by atoms with E-state index in [0.717, 1.165) is 0 Å². The number of hydrogen-bond acceptors (Lipinski definition) is 1. The van der Waals surface area contributed by atoms with E-state index in [-0.39, 0.29) is 10.5 Å². The molecular weight excluding hydrogens is 267 g/mol. The van der Waals surface area contributed by atoms with Crippen molar-refractivity contribution in [3.8, 4) is 0 Å². The summed E-state index contributed by atoms with van der Waals surface area (Å²) in [4.78, 5) is 17.7. The van der Waals surface area contributed by atoms with Gasteiger partial charge in [0.1, 0.15) is 0 Å². The van der Waals surface area contributed by atoms with Gasteiger partial charge < -0.3 is 9.79 Å². The Morgan fingerprint density at radius 1 is 1.21 bits per heavy atom. The van der Waals surface area contributed by atoms with Gasteiger partial charge in [0.15, 0.2) is 0 Å². The Labute approximate surface area is 94.6 Å². The minimum Gasteiger partial charge on any atom is -0.324 e. The van der Waals surface area contributed by atoms with E-state index >= 15 is 0 Å². The van der Waals surface area contributed by atoms with E-state index in [4.69, 9.17) is 9.79 Å². The summed E-state index contributed by atoms with van der Waals surface area (Å²) in [6.45, 7) is 8.26. The van der Waals surface area contributed by atoms with E-state index in [1.807, 2.05) is 0 Å². The highest BCUT2D eigenvalue weighted by Crippen LogP contribution is 2.44. The van der Waals surface area contributed by atoms with Crippen molar-refractivity contribution in [2.45, 2.75) is 38.4 Å². The topological polar surface area (TPSA) is 57.5 Å². The summed E-state index contributed by atoms with van der Waals surface area (Å²) in [6, 6.07) is 0. The Bertz CT molecular complexity index is 214. The first-order valence-electron chi connectivity index (χ1n) is 4.83. The standard InChI is InChI=1S/C9H20BrO3P/c1-7(2)9(10,8(3)4)5-6-14(11,12)13/h7-8H,5-6H2,1-4H3,(H2,11,12,13). The average Bonchev–Trinajstić information content (AvgIpc) is 1.97. The summed E-state index contributed by atoms with van der Waals surface area (Å²) in [5, 5.41) is 0. The van der Waals surface area contributed by atoms with Crippen LogP contribution in [0.4, 0.5) is 0 Å². The first kappa shape index (κ1) is 14.6. The SMILES string of the molecule is CC(C)C(Br)(CCP(=O)(O)O)C(C)C. The molecule has 0 unspecified atom stereocenters. The number of rotatable bonds is 5. The van der Waals surface area contributed by atoms with Crippen molar-refractivity contribution in [3.63, 3.8) is 0 Å². The molecule has 0 atom stereocenters. The summed E-state index contributed by atoms with van der Waals surface area (Å²) < 4.78 is 10.6. The Morgan fingerprint density at radius 2 is 1.57 bits per heavy atom. The van der Waals surface area contributed by atoms with Crippen LogP contribution in [0.5, 0.6) is 0 Å². The second-order valence-corrected chi connectivity index (χ2v) is 7.63. The molecule has 3 nitrogen and oxygen atoms in total. The number of halogens is 1. The van der Waals surface area contributed by atoms with E-state index in [9.17, 15) is 4.57 Å². The van der Waals surface area contributed by atoms with Gasteiger partial charge in [-0.25, -0.2) is 0 Å². The smallest absolute Gasteiger partial charge is 0.324 e. The molecule has 14 heavy (non-hydrogen) atoms. The third-order valence-corrected chi connectivity index (χ3v) is 5.74. The van der Waals surface area contributed by atoms with Crippen molar-refractivity contribution in [1.82, 2.24) is 0 Å². The highest BCUT2D eigenvalue weighted by Gasteiger charge is 2.35. The molecule has 0 spiro atoms. The predicted molar refractivity (Wildman–Crippen MR) is 62.9 cm³/mol. The minimum atomic E-state index is -3.87. The molecule has 5 heteroatoms. The highest BCUT2D eigenvalue weighted by atomic mass is 79.9. The molecule has 0 saturated heterocycles. The van der Waals surface area contributed by atoms with Crippen molar-refractivity contribution in [1.29, 1.82) is 0 Å². The van der Waals surface area contributed by atoms with Gasteiger partial charge >= 0.3 is 7.60 Å². The van der Waals surface area contributed by atoms with Gasteiger partial charge in [-0.15, -0.1) is 0 Å². The molecule has 0 heterocycles. The summed E-state index contributed by atoms with van der Waals surface area (Å²) in [5.41, 5.74) is 0. The lowest BCUT2D eigenvalue weighted by atomic mass is 9.83. The maximum Gasteiger partial charge on any atom is 0.325 e. The van der Waals surface area contributed by atoms with Crippen LogP contribution in [0.3, 0.4) is 0 Å². The molecule has 0 aromatic rings. The van der Waals surface area contributed by atoms with E-state index < -0.39 is 7.60 Å². The lowest BCUT2D eigenvalue weighted by Crippen LogP contribution is -2.34. The second kappa shape index (κ2) is 5.11. The third kappa shape index (κ3) is 4.43. The Balaban J connectivity index is 4.48. The molecule has 2 N–H and O–H groups in total. The fraction of sp³-hybridized carbons (Fsp3) is 1.00. The molecule has 0 amide bonds. The monoisotopic (exact) mass is 286 g/mol. The van der Waals surface area contributed by atoms with Crippen LogP contribution in [0, 0.1) is 11.8 Å². The molecule has 0 bridgehead atoms. The molecule has 0 rings (SSSR count). The first-order valence-corrected chi connectivity index (χ1v) is 7.42. The van der Waals surface area contributed by atoms with Gasteiger partial charge in [-0.05, 0) is 18.3 Å². The van der Waals surface area contributed by atoms with Gasteiger partial charge in [-0.3, -0.25) is 4.57 Å². The molecule has 86 valence electrons. The Kier molecular flexibility index (Phi) is 5.34.